The van der Waals surface area contributed by atoms with Crippen molar-refractivity contribution >= 4 is 5.97 Å². The molecule has 0 radical (unpaired) electrons. The van der Waals surface area contributed by atoms with Gasteiger partial charge in [0.2, 0.25) is 0 Å². The summed E-state index contributed by atoms with van der Waals surface area (Å²) in [4.78, 5) is 10.9. The summed E-state index contributed by atoms with van der Waals surface area (Å²) in [7, 11) is 0. The van der Waals surface area contributed by atoms with Crippen LogP contribution in [0.2, 0.25) is 0 Å². The minimum absolute atomic E-state index is 0.0127. The molecule has 0 aliphatic heterocycles. The molecule has 0 aliphatic carbocycles. The predicted molar refractivity (Wildman–Crippen MR) is 54.9 cm³/mol. The van der Waals surface area contributed by atoms with Crippen molar-refractivity contribution in [3.63, 3.8) is 0 Å². The Morgan fingerprint density at radius 2 is 2.25 bits per heavy atom. The third-order valence-corrected chi connectivity index (χ3v) is 2.15. The lowest BCUT2D eigenvalue weighted by Crippen LogP contribution is -2.19. The smallest absolute Gasteiger partial charge is 0.313 e. The van der Waals surface area contributed by atoms with Gasteiger partial charge in [0.15, 0.2) is 0 Å². The molecule has 1 atom stereocenters. The lowest BCUT2D eigenvalue weighted by Gasteiger charge is -2.13. The minimum atomic E-state index is -1.15. The zero-order chi connectivity index (χ0) is 12.1. The largest absolute Gasteiger partial charge is 0.508 e. The number of benzene rings is 1. The molecule has 0 saturated carbocycles. The summed E-state index contributed by atoms with van der Waals surface area (Å²) in [6.07, 6.45) is 0. The molecule has 0 aliphatic rings. The molecule has 0 spiro atoms. The van der Waals surface area contributed by atoms with Gasteiger partial charge in [0.1, 0.15) is 17.5 Å². The summed E-state index contributed by atoms with van der Waals surface area (Å²) in [6.45, 7) is 2.00. The second kappa shape index (κ2) is 5.46. The number of phenols is 1. The Hall–Kier alpha value is -1.62. The number of carboxylic acids is 1. The van der Waals surface area contributed by atoms with Crippen LogP contribution in [0.25, 0.3) is 0 Å². The molecule has 16 heavy (non-hydrogen) atoms. The third-order valence-electron chi connectivity index (χ3n) is 2.15. The number of ether oxygens (including phenoxy) is 1. The van der Waals surface area contributed by atoms with E-state index in [0.29, 0.717) is 6.61 Å². The van der Waals surface area contributed by atoms with E-state index in [1.54, 1.807) is 6.92 Å². The number of aliphatic carboxylic acids is 1. The van der Waals surface area contributed by atoms with Crippen LogP contribution in [-0.4, -0.2) is 29.4 Å². The monoisotopic (exact) mass is 228 g/mol. The van der Waals surface area contributed by atoms with Crippen molar-refractivity contribution in [3.05, 3.63) is 29.6 Å². The molecule has 0 fully saturated rings. The number of hydrogen-bond acceptors (Lipinski definition) is 3. The predicted octanol–water partition coefficient (Wildman–Crippen LogP) is 1.74. The van der Waals surface area contributed by atoms with E-state index in [9.17, 15) is 9.18 Å². The van der Waals surface area contributed by atoms with E-state index >= 15 is 0 Å². The van der Waals surface area contributed by atoms with E-state index in [0.717, 1.165) is 6.07 Å². The topological polar surface area (TPSA) is 66.8 Å². The standard InChI is InChI=1S/C11H13FO4/c1-2-16-6-9(11(14)15)8-4-3-7(13)5-10(8)12/h3-5,9,13H,2,6H2,1H3,(H,14,15). The Bertz CT molecular complexity index is 378. The lowest BCUT2D eigenvalue weighted by molar-refractivity contribution is -0.140. The van der Waals surface area contributed by atoms with Gasteiger partial charge in [-0.05, 0) is 13.0 Å². The summed E-state index contributed by atoms with van der Waals surface area (Å²) in [5.74, 6) is -3.19. The molecule has 0 aromatic heterocycles. The first-order valence-corrected chi connectivity index (χ1v) is 4.85. The summed E-state index contributed by atoms with van der Waals surface area (Å²) < 4.78 is 18.4. The quantitative estimate of drug-likeness (QED) is 0.805. The van der Waals surface area contributed by atoms with Crippen molar-refractivity contribution in [1.82, 2.24) is 0 Å². The van der Waals surface area contributed by atoms with Crippen LogP contribution in [0, 0.1) is 5.82 Å². The molecule has 1 unspecified atom stereocenters. The summed E-state index contributed by atoms with van der Waals surface area (Å²) in [5, 5.41) is 18.0. The van der Waals surface area contributed by atoms with Gasteiger partial charge >= 0.3 is 5.97 Å². The van der Waals surface area contributed by atoms with E-state index in [1.807, 2.05) is 0 Å². The highest BCUT2D eigenvalue weighted by atomic mass is 19.1. The first-order chi connectivity index (χ1) is 7.56. The number of rotatable bonds is 5. The Balaban J connectivity index is 2.96. The van der Waals surface area contributed by atoms with E-state index in [1.165, 1.54) is 12.1 Å². The van der Waals surface area contributed by atoms with Crippen molar-refractivity contribution in [2.45, 2.75) is 12.8 Å². The maximum Gasteiger partial charge on any atom is 0.313 e. The minimum Gasteiger partial charge on any atom is -0.508 e. The summed E-state index contributed by atoms with van der Waals surface area (Å²) in [6, 6.07) is 3.39. The van der Waals surface area contributed by atoms with Gasteiger partial charge in [0.25, 0.3) is 0 Å². The van der Waals surface area contributed by atoms with Gasteiger partial charge in [-0.2, -0.15) is 0 Å². The fraction of sp³-hybridized carbons (Fsp3) is 0.364. The van der Waals surface area contributed by atoms with E-state index < -0.39 is 17.7 Å². The highest BCUT2D eigenvalue weighted by Gasteiger charge is 2.23. The maximum atomic E-state index is 13.4. The molecule has 1 aromatic carbocycles. The molecular weight excluding hydrogens is 215 g/mol. The molecule has 1 aromatic rings. The van der Waals surface area contributed by atoms with Crippen LogP contribution in [-0.2, 0) is 9.53 Å². The zero-order valence-corrected chi connectivity index (χ0v) is 8.81. The number of carbonyl (C=O) groups is 1. The number of halogens is 1. The van der Waals surface area contributed by atoms with Crippen LogP contribution in [0.15, 0.2) is 18.2 Å². The van der Waals surface area contributed by atoms with Crippen LogP contribution >= 0.6 is 0 Å². The molecule has 4 nitrogen and oxygen atoms in total. The molecule has 0 heterocycles. The normalized spacial score (nSPS) is 12.4. The number of carboxylic acid groups (broad SMARTS) is 1. The average Bonchev–Trinajstić information content (AvgIpc) is 2.20. The van der Waals surface area contributed by atoms with Crippen LogP contribution in [0.5, 0.6) is 5.75 Å². The number of phenolic OH excluding ortho intramolecular Hbond substituents is 1. The zero-order valence-electron chi connectivity index (χ0n) is 8.81. The number of hydrogen-bond donors (Lipinski definition) is 2. The first kappa shape index (κ1) is 12.4. The Morgan fingerprint density at radius 1 is 1.56 bits per heavy atom. The molecule has 1 rings (SSSR count). The average molecular weight is 228 g/mol. The lowest BCUT2D eigenvalue weighted by atomic mass is 9.99. The van der Waals surface area contributed by atoms with Gasteiger partial charge in [-0.15, -0.1) is 0 Å². The second-order valence-corrected chi connectivity index (χ2v) is 3.26. The van der Waals surface area contributed by atoms with E-state index in [4.69, 9.17) is 14.9 Å². The van der Waals surface area contributed by atoms with Crippen molar-refractivity contribution in [2.24, 2.45) is 0 Å². The van der Waals surface area contributed by atoms with Crippen LogP contribution < -0.4 is 0 Å². The van der Waals surface area contributed by atoms with Gasteiger partial charge in [0.05, 0.1) is 6.61 Å². The molecule has 2 N–H and O–H groups in total. The Labute approximate surface area is 92.3 Å². The summed E-state index contributed by atoms with van der Waals surface area (Å²) >= 11 is 0. The highest BCUT2D eigenvalue weighted by molar-refractivity contribution is 5.76. The van der Waals surface area contributed by atoms with Crippen molar-refractivity contribution < 1.29 is 24.1 Å². The van der Waals surface area contributed by atoms with Gasteiger partial charge in [0, 0.05) is 18.2 Å². The molecule has 88 valence electrons. The number of aromatic hydroxyl groups is 1. The van der Waals surface area contributed by atoms with Crippen LogP contribution in [0.1, 0.15) is 18.4 Å². The summed E-state index contributed by atoms with van der Waals surface area (Å²) in [5.41, 5.74) is 0.0127. The second-order valence-electron chi connectivity index (χ2n) is 3.26. The fourth-order valence-electron chi connectivity index (χ4n) is 1.33. The van der Waals surface area contributed by atoms with E-state index in [2.05, 4.69) is 0 Å². The van der Waals surface area contributed by atoms with Crippen LogP contribution in [0.4, 0.5) is 4.39 Å². The van der Waals surface area contributed by atoms with Crippen LogP contribution in [0.3, 0.4) is 0 Å². The molecule has 0 amide bonds. The fourth-order valence-corrected chi connectivity index (χ4v) is 1.33. The molecule has 5 heteroatoms. The molecule has 0 saturated heterocycles. The molecule has 0 bridgehead atoms. The van der Waals surface area contributed by atoms with Gasteiger partial charge < -0.3 is 14.9 Å². The van der Waals surface area contributed by atoms with Crippen molar-refractivity contribution in [1.29, 1.82) is 0 Å². The Kier molecular flexibility index (Phi) is 4.25. The van der Waals surface area contributed by atoms with Gasteiger partial charge in [-0.25, -0.2) is 4.39 Å². The van der Waals surface area contributed by atoms with Gasteiger partial charge in [-0.1, -0.05) is 6.07 Å². The first-order valence-electron chi connectivity index (χ1n) is 4.85. The highest BCUT2D eigenvalue weighted by Crippen LogP contribution is 2.23. The molecular formula is C11H13FO4. The van der Waals surface area contributed by atoms with Crippen molar-refractivity contribution in [3.8, 4) is 5.75 Å². The third kappa shape index (κ3) is 2.93. The van der Waals surface area contributed by atoms with Gasteiger partial charge in [-0.3, -0.25) is 4.79 Å². The maximum absolute atomic E-state index is 13.4. The SMILES string of the molecule is CCOCC(C(=O)O)c1ccc(O)cc1F. The Morgan fingerprint density at radius 3 is 2.75 bits per heavy atom. The van der Waals surface area contributed by atoms with Crippen molar-refractivity contribution in [2.75, 3.05) is 13.2 Å². The van der Waals surface area contributed by atoms with E-state index in [-0.39, 0.29) is 17.9 Å².